The molecule has 0 radical (unpaired) electrons. The van der Waals surface area contributed by atoms with Gasteiger partial charge in [-0.2, -0.15) is 0 Å². The van der Waals surface area contributed by atoms with Crippen LogP contribution < -0.4 is 0 Å². The van der Waals surface area contributed by atoms with E-state index in [0.717, 1.165) is 36.5 Å². The highest BCUT2D eigenvalue weighted by atomic mass is 16.7. The van der Waals surface area contributed by atoms with Crippen molar-refractivity contribution in [3.8, 4) is 0 Å². The number of ether oxygens (including phenoxy) is 2. The molecule has 0 saturated heterocycles. The predicted molar refractivity (Wildman–Crippen MR) is 81.6 cm³/mol. The maximum atomic E-state index is 12.2. The first kappa shape index (κ1) is 15.3. The third-order valence-corrected chi connectivity index (χ3v) is 6.64. The molecule has 4 bridgehead atoms. The van der Waals surface area contributed by atoms with Gasteiger partial charge in [-0.3, -0.25) is 4.79 Å². The van der Waals surface area contributed by atoms with Crippen LogP contribution in [0.4, 0.5) is 0 Å². The molecule has 0 aromatic rings. The second-order valence-electron chi connectivity index (χ2n) is 7.88. The maximum absolute atomic E-state index is 12.2. The fraction of sp³-hybridized carbons (Fsp3) is 0.944. The summed E-state index contributed by atoms with van der Waals surface area (Å²) in [5, 5.41) is 0. The first-order valence-electron chi connectivity index (χ1n) is 8.84. The zero-order valence-electron chi connectivity index (χ0n) is 13.8. The summed E-state index contributed by atoms with van der Waals surface area (Å²) < 4.78 is 11.5. The highest BCUT2D eigenvalue weighted by Gasteiger charge is 2.48. The number of carbonyl (C=O) groups is 1. The molecule has 0 heterocycles. The van der Waals surface area contributed by atoms with Gasteiger partial charge in [-0.05, 0) is 75.5 Å². The molecule has 0 aromatic carbocycles. The van der Waals surface area contributed by atoms with Crippen molar-refractivity contribution in [2.24, 2.45) is 29.1 Å². The van der Waals surface area contributed by atoms with Gasteiger partial charge < -0.3 is 9.47 Å². The molecule has 0 unspecified atom stereocenters. The molecule has 120 valence electrons. The molecule has 0 spiro atoms. The standard InChI is InChI=1S/C18H30O3/c1-4-18(3,5-2)17(19)21-11-20-16-14-7-12-6-13(9-14)10-15(16)8-12/h12-16H,4-11H2,1-3H3. The Hall–Kier alpha value is -0.570. The normalized spacial score (nSPS) is 37.8. The molecular formula is C18H30O3. The van der Waals surface area contributed by atoms with Crippen LogP contribution >= 0.6 is 0 Å². The monoisotopic (exact) mass is 294 g/mol. The molecule has 4 fully saturated rings. The van der Waals surface area contributed by atoms with E-state index in [1.165, 1.54) is 32.1 Å². The largest absolute Gasteiger partial charge is 0.438 e. The summed E-state index contributed by atoms with van der Waals surface area (Å²) in [6, 6.07) is 0. The quantitative estimate of drug-likeness (QED) is 0.545. The predicted octanol–water partition coefficient (Wildman–Crippen LogP) is 4.15. The fourth-order valence-corrected chi connectivity index (χ4v) is 5.03. The van der Waals surface area contributed by atoms with Crippen LogP contribution in [0.15, 0.2) is 0 Å². The highest BCUT2D eigenvalue weighted by molar-refractivity contribution is 5.76. The summed E-state index contributed by atoms with van der Waals surface area (Å²) in [5.41, 5.74) is -0.354. The molecule has 21 heavy (non-hydrogen) atoms. The Morgan fingerprint density at radius 2 is 1.52 bits per heavy atom. The van der Waals surface area contributed by atoms with E-state index < -0.39 is 0 Å². The Morgan fingerprint density at radius 3 is 2.00 bits per heavy atom. The van der Waals surface area contributed by atoms with Crippen LogP contribution in [0.2, 0.25) is 0 Å². The number of hydrogen-bond acceptors (Lipinski definition) is 3. The van der Waals surface area contributed by atoms with Crippen molar-refractivity contribution in [2.45, 2.75) is 71.8 Å². The third kappa shape index (κ3) is 2.86. The van der Waals surface area contributed by atoms with E-state index in [4.69, 9.17) is 9.47 Å². The van der Waals surface area contributed by atoms with Crippen LogP contribution in [0, 0.1) is 29.1 Å². The molecule has 0 aliphatic heterocycles. The van der Waals surface area contributed by atoms with E-state index in [1.54, 1.807) is 0 Å². The van der Waals surface area contributed by atoms with Gasteiger partial charge in [-0.15, -0.1) is 0 Å². The summed E-state index contributed by atoms with van der Waals surface area (Å²) in [6.45, 7) is 6.23. The Balaban J connectivity index is 1.49. The average Bonchev–Trinajstić information content (AvgIpc) is 2.48. The topological polar surface area (TPSA) is 35.5 Å². The lowest BCUT2D eigenvalue weighted by Gasteiger charge is -2.53. The lowest BCUT2D eigenvalue weighted by Crippen LogP contribution is -2.49. The van der Waals surface area contributed by atoms with Gasteiger partial charge in [0.25, 0.3) is 0 Å². The van der Waals surface area contributed by atoms with Crippen molar-refractivity contribution in [1.82, 2.24) is 0 Å². The Kier molecular flexibility index (Phi) is 4.31. The van der Waals surface area contributed by atoms with E-state index in [0.29, 0.717) is 6.10 Å². The first-order chi connectivity index (χ1) is 10.1. The molecule has 4 aliphatic carbocycles. The van der Waals surface area contributed by atoms with Gasteiger partial charge in [-0.1, -0.05) is 13.8 Å². The summed E-state index contributed by atoms with van der Waals surface area (Å²) in [6.07, 6.45) is 8.81. The molecule has 4 saturated carbocycles. The third-order valence-electron chi connectivity index (χ3n) is 6.64. The molecule has 4 rings (SSSR count). The zero-order chi connectivity index (χ0) is 15.0. The van der Waals surface area contributed by atoms with E-state index in [1.807, 2.05) is 20.8 Å². The van der Waals surface area contributed by atoms with Crippen LogP contribution in [0.1, 0.15) is 65.7 Å². The van der Waals surface area contributed by atoms with Gasteiger partial charge >= 0.3 is 5.97 Å². The molecule has 3 nitrogen and oxygen atoms in total. The van der Waals surface area contributed by atoms with E-state index in [9.17, 15) is 4.79 Å². The Bertz CT molecular complexity index is 358. The second kappa shape index (κ2) is 5.91. The SMILES string of the molecule is CCC(C)(CC)C(=O)OCOC1C2CC3CC(C2)CC1C3. The minimum absolute atomic E-state index is 0.101. The molecular weight excluding hydrogens is 264 g/mol. The van der Waals surface area contributed by atoms with Crippen molar-refractivity contribution in [1.29, 1.82) is 0 Å². The number of esters is 1. The van der Waals surface area contributed by atoms with Crippen molar-refractivity contribution in [3.05, 3.63) is 0 Å². The van der Waals surface area contributed by atoms with Crippen molar-refractivity contribution < 1.29 is 14.3 Å². The van der Waals surface area contributed by atoms with Gasteiger partial charge in [0, 0.05) is 0 Å². The van der Waals surface area contributed by atoms with Crippen molar-refractivity contribution in [2.75, 3.05) is 6.79 Å². The minimum atomic E-state index is -0.354. The van der Waals surface area contributed by atoms with E-state index >= 15 is 0 Å². The van der Waals surface area contributed by atoms with Gasteiger partial charge in [-0.25, -0.2) is 0 Å². The fourth-order valence-electron chi connectivity index (χ4n) is 5.03. The lowest BCUT2D eigenvalue weighted by molar-refractivity contribution is -0.194. The van der Waals surface area contributed by atoms with E-state index in [-0.39, 0.29) is 18.2 Å². The summed E-state index contributed by atoms with van der Waals surface area (Å²) >= 11 is 0. The number of hydrogen-bond donors (Lipinski definition) is 0. The van der Waals surface area contributed by atoms with Gasteiger partial charge in [0.1, 0.15) is 0 Å². The van der Waals surface area contributed by atoms with Crippen molar-refractivity contribution >= 4 is 5.97 Å². The highest BCUT2D eigenvalue weighted by Crippen LogP contribution is 2.54. The lowest BCUT2D eigenvalue weighted by atomic mass is 9.55. The summed E-state index contributed by atoms with van der Waals surface area (Å²) in [7, 11) is 0. The summed E-state index contributed by atoms with van der Waals surface area (Å²) in [5.74, 6) is 3.26. The first-order valence-corrected chi connectivity index (χ1v) is 8.84. The summed E-state index contributed by atoms with van der Waals surface area (Å²) in [4.78, 5) is 12.2. The zero-order valence-corrected chi connectivity index (χ0v) is 13.8. The van der Waals surface area contributed by atoms with Crippen molar-refractivity contribution in [3.63, 3.8) is 0 Å². The molecule has 4 aliphatic rings. The van der Waals surface area contributed by atoms with Gasteiger partial charge in [0.15, 0.2) is 6.79 Å². The van der Waals surface area contributed by atoms with Gasteiger partial charge in [0.2, 0.25) is 0 Å². The van der Waals surface area contributed by atoms with Crippen LogP contribution in [-0.2, 0) is 14.3 Å². The van der Waals surface area contributed by atoms with Crippen LogP contribution in [-0.4, -0.2) is 18.9 Å². The molecule has 0 atom stereocenters. The van der Waals surface area contributed by atoms with Gasteiger partial charge in [0.05, 0.1) is 11.5 Å². The molecule has 0 N–H and O–H groups in total. The van der Waals surface area contributed by atoms with Crippen LogP contribution in [0.3, 0.4) is 0 Å². The number of carbonyl (C=O) groups excluding carboxylic acids is 1. The smallest absolute Gasteiger partial charge is 0.313 e. The molecule has 0 amide bonds. The Morgan fingerprint density at radius 1 is 1.00 bits per heavy atom. The average molecular weight is 294 g/mol. The molecule has 0 aromatic heterocycles. The van der Waals surface area contributed by atoms with Crippen LogP contribution in [0.5, 0.6) is 0 Å². The van der Waals surface area contributed by atoms with Crippen LogP contribution in [0.25, 0.3) is 0 Å². The number of rotatable bonds is 6. The van der Waals surface area contributed by atoms with E-state index in [2.05, 4.69) is 0 Å². The molecule has 3 heteroatoms. The Labute approximate surface area is 128 Å². The second-order valence-corrected chi connectivity index (χ2v) is 7.88. The maximum Gasteiger partial charge on any atom is 0.313 e. The minimum Gasteiger partial charge on any atom is -0.438 e.